The first kappa shape index (κ1) is 11.5. The largest absolute Gasteiger partial charge is 0.387 e. The molecule has 0 heterocycles. The molecule has 0 aliphatic carbocycles. The molecule has 1 rings (SSSR count). The van der Waals surface area contributed by atoms with E-state index in [-0.39, 0.29) is 18.2 Å². The zero-order chi connectivity index (χ0) is 11.4. The van der Waals surface area contributed by atoms with Crippen LogP contribution in [0.5, 0.6) is 0 Å². The topological polar surface area (TPSA) is 79.0 Å². The second kappa shape index (κ2) is 4.79. The number of nitrogens with one attached hydrogen (secondary N) is 2. The van der Waals surface area contributed by atoms with Crippen molar-refractivity contribution in [3.8, 4) is 0 Å². The van der Waals surface area contributed by atoms with Gasteiger partial charge in [0.2, 0.25) is 5.91 Å². The van der Waals surface area contributed by atoms with E-state index in [1.165, 1.54) is 0 Å². The molecule has 0 atom stereocenters. The Balaban J connectivity index is 2.69. The normalized spacial score (nSPS) is 9.73. The second-order valence-corrected chi connectivity index (χ2v) is 3.62. The van der Waals surface area contributed by atoms with Gasteiger partial charge in [-0.2, -0.15) is 0 Å². The Hall–Kier alpha value is -1.55. The lowest BCUT2D eigenvalue weighted by Crippen LogP contribution is -2.20. The highest BCUT2D eigenvalue weighted by Gasteiger charge is 2.04. The molecule has 0 fully saturated rings. The standard InChI is InChI=1S/C10H12ClN3O/c1-6-2-3-7(4-8(6)11)14-10(15)5-9(12)13/h2-4H,5H2,1H3,(H3,12,13)(H,14,15). The second-order valence-electron chi connectivity index (χ2n) is 3.21. The molecule has 15 heavy (non-hydrogen) atoms. The number of rotatable bonds is 3. The summed E-state index contributed by atoms with van der Waals surface area (Å²) in [6, 6.07) is 5.22. The van der Waals surface area contributed by atoms with Crippen molar-refractivity contribution in [1.29, 1.82) is 5.41 Å². The highest BCUT2D eigenvalue weighted by atomic mass is 35.5. The van der Waals surface area contributed by atoms with Crippen molar-refractivity contribution in [2.24, 2.45) is 5.73 Å². The van der Waals surface area contributed by atoms with Gasteiger partial charge in [-0.25, -0.2) is 0 Å². The maximum atomic E-state index is 11.2. The van der Waals surface area contributed by atoms with Gasteiger partial charge in [0.1, 0.15) is 5.84 Å². The lowest BCUT2D eigenvalue weighted by atomic mass is 10.2. The van der Waals surface area contributed by atoms with Crippen molar-refractivity contribution in [1.82, 2.24) is 0 Å². The molecule has 0 spiro atoms. The average Bonchev–Trinajstić information content (AvgIpc) is 2.10. The number of hydrogen-bond acceptors (Lipinski definition) is 2. The predicted molar refractivity (Wildman–Crippen MR) is 61.3 cm³/mol. The van der Waals surface area contributed by atoms with Gasteiger partial charge in [0.25, 0.3) is 0 Å². The summed E-state index contributed by atoms with van der Waals surface area (Å²) < 4.78 is 0. The third kappa shape index (κ3) is 3.59. The number of anilines is 1. The van der Waals surface area contributed by atoms with Gasteiger partial charge in [-0.3, -0.25) is 10.2 Å². The number of benzene rings is 1. The lowest BCUT2D eigenvalue weighted by Gasteiger charge is -2.05. The lowest BCUT2D eigenvalue weighted by molar-refractivity contribution is -0.115. The van der Waals surface area contributed by atoms with E-state index >= 15 is 0 Å². The molecule has 0 saturated heterocycles. The van der Waals surface area contributed by atoms with Crippen molar-refractivity contribution in [2.75, 3.05) is 5.32 Å². The predicted octanol–water partition coefficient (Wildman–Crippen LogP) is 1.91. The summed E-state index contributed by atoms with van der Waals surface area (Å²) in [6.45, 7) is 1.88. The number of nitrogens with two attached hydrogens (primary N) is 1. The van der Waals surface area contributed by atoms with Crippen LogP contribution in [-0.4, -0.2) is 11.7 Å². The van der Waals surface area contributed by atoms with Gasteiger partial charge in [-0.05, 0) is 24.6 Å². The summed E-state index contributed by atoms with van der Waals surface area (Å²) in [7, 11) is 0. The Morgan fingerprint density at radius 1 is 1.60 bits per heavy atom. The van der Waals surface area contributed by atoms with Crippen LogP contribution in [0.3, 0.4) is 0 Å². The van der Waals surface area contributed by atoms with E-state index in [2.05, 4.69) is 5.32 Å². The zero-order valence-corrected chi connectivity index (χ0v) is 9.06. The Morgan fingerprint density at radius 3 is 2.80 bits per heavy atom. The first-order valence-electron chi connectivity index (χ1n) is 4.38. The van der Waals surface area contributed by atoms with E-state index in [0.29, 0.717) is 10.7 Å². The molecule has 4 N–H and O–H groups in total. The molecule has 0 bridgehead atoms. The fourth-order valence-electron chi connectivity index (χ4n) is 1.05. The molecule has 4 nitrogen and oxygen atoms in total. The number of carbonyl (C=O) groups excluding carboxylic acids is 1. The molecular formula is C10H12ClN3O. The number of aryl methyl sites for hydroxylation is 1. The summed E-state index contributed by atoms with van der Waals surface area (Å²) in [6.07, 6.45) is -0.106. The minimum atomic E-state index is -0.317. The number of amidine groups is 1. The van der Waals surface area contributed by atoms with Crippen LogP contribution in [0.15, 0.2) is 18.2 Å². The molecule has 0 aromatic heterocycles. The maximum absolute atomic E-state index is 11.2. The molecule has 0 radical (unpaired) electrons. The van der Waals surface area contributed by atoms with Gasteiger partial charge in [0.05, 0.1) is 6.42 Å². The average molecular weight is 226 g/mol. The van der Waals surface area contributed by atoms with Crippen LogP contribution in [0.4, 0.5) is 5.69 Å². The molecule has 1 aromatic rings. The van der Waals surface area contributed by atoms with Gasteiger partial charge in [-0.1, -0.05) is 17.7 Å². The van der Waals surface area contributed by atoms with E-state index in [9.17, 15) is 4.79 Å². The third-order valence-electron chi connectivity index (χ3n) is 1.81. The summed E-state index contributed by atoms with van der Waals surface area (Å²) in [5.74, 6) is -0.479. The van der Waals surface area contributed by atoms with E-state index in [0.717, 1.165) is 5.56 Å². The molecule has 0 unspecified atom stereocenters. The molecule has 1 amide bonds. The van der Waals surface area contributed by atoms with Crippen LogP contribution in [0.25, 0.3) is 0 Å². The quantitative estimate of drug-likeness (QED) is 0.543. The van der Waals surface area contributed by atoms with Crippen LogP contribution < -0.4 is 11.1 Å². The molecule has 1 aromatic carbocycles. The number of hydrogen-bond donors (Lipinski definition) is 3. The van der Waals surface area contributed by atoms with Crippen LogP contribution in [0.1, 0.15) is 12.0 Å². The molecular weight excluding hydrogens is 214 g/mol. The van der Waals surface area contributed by atoms with Crippen molar-refractivity contribution < 1.29 is 4.79 Å². The molecule has 0 aliphatic rings. The minimum Gasteiger partial charge on any atom is -0.387 e. The van der Waals surface area contributed by atoms with Crippen molar-refractivity contribution in [2.45, 2.75) is 13.3 Å². The van der Waals surface area contributed by atoms with Gasteiger partial charge in [-0.15, -0.1) is 0 Å². The Labute approximate surface area is 92.9 Å². The summed E-state index contributed by atoms with van der Waals surface area (Å²) in [5, 5.41) is 10.1. The molecule has 5 heteroatoms. The van der Waals surface area contributed by atoms with Crippen LogP contribution in [0, 0.1) is 12.3 Å². The number of halogens is 1. The van der Waals surface area contributed by atoms with Crippen LogP contribution in [-0.2, 0) is 4.79 Å². The van der Waals surface area contributed by atoms with E-state index in [4.69, 9.17) is 22.7 Å². The van der Waals surface area contributed by atoms with E-state index in [1.807, 2.05) is 13.0 Å². The van der Waals surface area contributed by atoms with Gasteiger partial charge < -0.3 is 11.1 Å². The molecule has 80 valence electrons. The Kier molecular flexibility index (Phi) is 3.68. The van der Waals surface area contributed by atoms with Crippen LogP contribution >= 0.6 is 11.6 Å². The third-order valence-corrected chi connectivity index (χ3v) is 2.21. The smallest absolute Gasteiger partial charge is 0.231 e. The van der Waals surface area contributed by atoms with Crippen molar-refractivity contribution in [3.63, 3.8) is 0 Å². The minimum absolute atomic E-state index is 0.106. The first-order chi connectivity index (χ1) is 6.99. The fourth-order valence-corrected chi connectivity index (χ4v) is 1.23. The molecule has 0 aliphatic heterocycles. The summed E-state index contributed by atoms with van der Waals surface area (Å²) in [4.78, 5) is 11.2. The SMILES string of the molecule is Cc1ccc(NC(=O)CC(=N)N)cc1Cl. The van der Waals surface area contributed by atoms with E-state index in [1.54, 1.807) is 12.1 Å². The zero-order valence-electron chi connectivity index (χ0n) is 8.30. The molecule has 0 saturated carbocycles. The summed E-state index contributed by atoms with van der Waals surface area (Å²) in [5.41, 5.74) is 6.65. The fraction of sp³-hybridized carbons (Fsp3) is 0.200. The monoisotopic (exact) mass is 225 g/mol. The van der Waals surface area contributed by atoms with Crippen molar-refractivity contribution >= 4 is 29.0 Å². The summed E-state index contributed by atoms with van der Waals surface area (Å²) >= 11 is 5.88. The van der Waals surface area contributed by atoms with Gasteiger partial charge in [0.15, 0.2) is 0 Å². The Morgan fingerprint density at radius 2 is 2.27 bits per heavy atom. The van der Waals surface area contributed by atoms with Gasteiger partial charge >= 0.3 is 0 Å². The number of carbonyl (C=O) groups is 1. The van der Waals surface area contributed by atoms with Crippen molar-refractivity contribution in [3.05, 3.63) is 28.8 Å². The van der Waals surface area contributed by atoms with E-state index < -0.39 is 0 Å². The van der Waals surface area contributed by atoms with Crippen LogP contribution in [0.2, 0.25) is 5.02 Å². The highest BCUT2D eigenvalue weighted by Crippen LogP contribution is 2.19. The maximum Gasteiger partial charge on any atom is 0.231 e. The first-order valence-corrected chi connectivity index (χ1v) is 4.75. The highest BCUT2D eigenvalue weighted by molar-refractivity contribution is 6.31. The Bertz CT molecular complexity index is 404. The number of amides is 1. The van der Waals surface area contributed by atoms with Gasteiger partial charge in [0, 0.05) is 10.7 Å².